The highest BCUT2D eigenvalue weighted by Gasteiger charge is 2.19. The zero-order chi connectivity index (χ0) is 12.8. The first-order valence-corrected chi connectivity index (χ1v) is 5.27. The predicted molar refractivity (Wildman–Crippen MR) is 63.5 cm³/mol. The topological polar surface area (TPSA) is 48.7 Å². The van der Waals surface area contributed by atoms with Crippen LogP contribution in [0.3, 0.4) is 0 Å². The van der Waals surface area contributed by atoms with E-state index in [-0.39, 0.29) is 0 Å². The van der Waals surface area contributed by atoms with Gasteiger partial charge in [0.1, 0.15) is 12.0 Å². The summed E-state index contributed by atoms with van der Waals surface area (Å²) in [5.41, 5.74) is 1.12. The standard InChI is InChI=1S/C13H16O4/c1-5-15-12(9(3)4)11-7-10(8-17-11)13(14)16-6-2/h5,7-8,12H,1,3,6H2,2,4H3. The first-order valence-electron chi connectivity index (χ1n) is 5.27. The third-order valence-corrected chi connectivity index (χ3v) is 2.07. The van der Waals surface area contributed by atoms with Crippen LogP contribution in [-0.4, -0.2) is 12.6 Å². The van der Waals surface area contributed by atoms with Gasteiger partial charge in [-0.25, -0.2) is 4.79 Å². The first kappa shape index (κ1) is 13.1. The Balaban J connectivity index is 2.88. The van der Waals surface area contributed by atoms with Crippen molar-refractivity contribution in [2.24, 2.45) is 0 Å². The minimum absolute atomic E-state index is 0.326. The monoisotopic (exact) mass is 236 g/mol. The summed E-state index contributed by atoms with van der Waals surface area (Å²) < 4.78 is 15.4. The van der Waals surface area contributed by atoms with Crippen LogP contribution in [0.25, 0.3) is 0 Å². The molecule has 0 saturated carbocycles. The van der Waals surface area contributed by atoms with Crippen molar-refractivity contribution in [1.82, 2.24) is 0 Å². The molecule has 0 bridgehead atoms. The van der Waals surface area contributed by atoms with Gasteiger partial charge in [-0.15, -0.1) is 0 Å². The Bertz CT molecular complexity index is 417. The van der Waals surface area contributed by atoms with Crippen molar-refractivity contribution in [3.8, 4) is 0 Å². The van der Waals surface area contributed by atoms with Gasteiger partial charge < -0.3 is 13.9 Å². The van der Waals surface area contributed by atoms with Gasteiger partial charge in [-0.1, -0.05) is 13.2 Å². The van der Waals surface area contributed by atoms with Gasteiger partial charge in [-0.2, -0.15) is 0 Å². The fraction of sp³-hybridized carbons (Fsp3) is 0.308. The second-order valence-electron chi connectivity index (χ2n) is 3.49. The molecule has 0 N–H and O–H groups in total. The highest BCUT2D eigenvalue weighted by Crippen LogP contribution is 2.26. The Hall–Kier alpha value is -1.97. The molecule has 4 heteroatoms. The molecule has 0 radical (unpaired) electrons. The normalized spacial score (nSPS) is 11.6. The second kappa shape index (κ2) is 5.94. The lowest BCUT2D eigenvalue weighted by molar-refractivity contribution is 0.0525. The lowest BCUT2D eigenvalue weighted by atomic mass is 10.1. The maximum Gasteiger partial charge on any atom is 0.341 e. The molecule has 1 aromatic rings. The van der Waals surface area contributed by atoms with E-state index in [9.17, 15) is 4.79 Å². The van der Waals surface area contributed by atoms with E-state index in [1.54, 1.807) is 19.9 Å². The molecule has 0 spiro atoms. The van der Waals surface area contributed by atoms with E-state index in [4.69, 9.17) is 13.9 Å². The minimum atomic E-state index is -0.435. The summed E-state index contributed by atoms with van der Waals surface area (Å²) in [5.74, 6) is 0.0852. The molecule has 1 unspecified atom stereocenters. The highest BCUT2D eigenvalue weighted by atomic mass is 16.5. The van der Waals surface area contributed by atoms with E-state index < -0.39 is 12.1 Å². The van der Waals surface area contributed by atoms with Crippen LogP contribution in [0.1, 0.15) is 36.1 Å². The Morgan fingerprint density at radius 2 is 2.35 bits per heavy atom. The van der Waals surface area contributed by atoms with Crippen LogP contribution in [0.15, 0.2) is 41.7 Å². The molecule has 0 aliphatic heterocycles. The summed E-state index contributed by atoms with van der Waals surface area (Å²) in [6, 6.07) is 1.58. The molecule has 0 aliphatic rings. The zero-order valence-electron chi connectivity index (χ0n) is 10.1. The lowest BCUT2D eigenvalue weighted by Crippen LogP contribution is -2.03. The van der Waals surface area contributed by atoms with Crippen LogP contribution in [0.5, 0.6) is 0 Å². The molecule has 0 fully saturated rings. The Labute approximate surface area is 101 Å². The summed E-state index contributed by atoms with van der Waals surface area (Å²) in [5, 5.41) is 0. The summed E-state index contributed by atoms with van der Waals surface area (Å²) in [6.45, 7) is 11.2. The molecule has 0 aromatic carbocycles. The van der Waals surface area contributed by atoms with Crippen LogP contribution < -0.4 is 0 Å². The number of hydrogen-bond donors (Lipinski definition) is 0. The Morgan fingerprint density at radius 3 is 2.88 bits per heavy atom. The summed E-state index contributed by atoms with van der Waals surface area (Å²) in [7, 11) is 0. The van der Waals surface area contributed by atoms with Gasteiger partial charge in [0.2, 0.25) is 0 Å². The van der Waals surface area contributed by atoms with Crippen LogP contribution >= 0.6 is 0 Å². The third-order valence-electron chi connectivity index (χ3n) is 2.07. The molecular weight excluding hydrogens is 220 g/mol. The van der Waals surface area contributed by atoms with Crippen molar-refractivity contribution in [3.05, 3.63) is 48.6 Å². The van der Waals surface area contributed by atoms with E-state index in [0.29, 0.717) is 17.9 Å². The van der Waals surface area contributed by atoms with E-state index in [2.05, 4.69) is 13.2 Å². The molecule has 0 saturated heterocycles. The summed E-state index contributed by atoms with van der Waals surface area (Å²) in [4.78, 5) is 11.4. The average Bonchev–Trinajstić information content (AvgIpc) is 2.74. The van der Waals surface area contributed by atoms with Gasteiger partial charge in [0, 0.05) is 0 Å². The number of carbonyl (C=O) groups is 1. The van der Waals surface area contributed by atoms with Gasteiger partial charge in [0.25, 0.3) is 0 Å². The molecule has 1 heterocycles. The van der Waals surface area contributed by atoms with Crippen LogP contribution in [-0.2, 0) is 9.47 Å². The molecule has 4 nitrogen and oxygen atoms in total. The van der Waals surface area contributed by atoms with Crippen LogP contribution in [0.4, 0.5) is 0 Å². The third kappa shape index (κ3) is 3.24. The SMILES string of the molecule is C=COC(C(=C)C)c1cc(C(=O)OCC)co1. The Morgan fingerprint density at radius 1 is 1.65 bits per heavy atom. The molecule has 0 aliphatic carbocycles. The lowest BCUT2D eigenvalue weighted by Gasteiger charge is -2.13. The summed E-state index contributed by atoms with van der Waals surface area (Å²) in [6.07, 6.45) is 2.22. The summed E-state index contributed by atoms with van der Waals surface area (Å²) >= 11 is 0. The molecular formula is C13H16O4. The number of hydrogen-bond acceptors (Lipinski definition) is 4. The molecule has 1 rings (SSSR count). The average molecular weight is 236 g/mol. The predicted octanol–water partition coefficient (Wildman–Crippen LogP) is 3.23. The number of rotatable bonds is 6. The van der Waals surface area contributed by atoms with Crippen molar-refractivity contribution in [3.63, 3.8) is 0 Å². The second-order valence-corrected chi connectivity index (χ2v) is 3.49. The quantitative estimate of drug-likeness (QED) is 0.432. The van der Waals surface area contributed by atoms with Crippen molar-refractivity contribution in [2.45, 2.75) is 20.0 Å². The number of furan rings is 1. The number of esters is 1. The first-order chi connectivity index (χ1) is 8.10. The van der Waals surface area contributed by atoms with Crippen LogP contribution in [0.2, 0.25) is 0 Å². The fourth-order valence-electron chi connectivity index (χ4n) is 1.33. The molecule has 0 amide bonds. The molecule has 17 heavy (non-hydrogen) atoms. The minimum Gasteiger partial charge on any atom is -0.486 e. The van der Waals surface area contributed by atoms with Crippen molar-refractivity contribution < 1.29 is 18.7 Å². The molecule has 1 atom stereocenters. The van der Waals surface area contributed by atoms with E-state index >= 15 is 0 Å². The van der Waals surface area contributed by atoms with Gasteiger partial charge in [-0.3, -0.25) is 0 Å². The van der Waals surface area contributed by atoms with Gasteiger partial charge in [0.15, 0.2) is 6.10 Å². The van der Waals surface area contributed by atoms with E-state index in [1.807, 2.05) is 0 Å². The zero-order valence-corrected chi connectivity index (χ0v) is 10.1. The molecule has 1 aromatic heterocycles. The molecule has 92 valence electrons. The van der Waals surface area contributed by atoms with Gasteiger partial charge in [0.05, 0.1) is 18.4 Å². The highest BCUT2D eigenvalue weighted by molar-refractivity contribution is 5.89. The number of ether oxygens (including phenoxy) is 2. The maximum atomic E-state index is 11.4. The van der Waals surface area contributed by atoms with E-state index in [1.165, 1.54) is 12.5 Å². The van der Waals surface area contributed by atoms with Gasteiger partial charge in [-0.05, 0) is 25.5 Å². The maximum absolute atomic E-state index is 11.4. The number of carbonyl (C=O) groups excluding carboxylic acids is 1. The van der Waals surface area contributed by atoms with Crippen molar-refractivity contribution >= 4 is 5.97 Å². The van der Waals surface area contributed by atoms with Crippen molar-refractivity contribution in [2.75, 3.05) is 6.61 Å². The Kier molecular flexibility index (Phi) is 4.57. The fourth-order valence-corrected chi connectivity index (χ4v) is 1.33. The van der Waals surface area contributed by atoms with Crippen molar-refractivity contribution in [1.29, 1.82) is 0 Å². The largest absolute Gasteiger partial charge is 0.486 e. The van der Waals surface area contributed by atoms with Gasteiger partial charge >= 0.3 is 5.97 Å². The van der Waals surface area contributed by atoms with E-state index in [0.717, 1.165) is 5.57 Å². The smallest absolute Gasteiger partial charge is 0.341 e. The van der Waals surface area contributed by atoms with Crippen LogP contribution in [0, 0.1) is 0 Å².